The lowest BCUT2D eigenvalue weighted by molar-refractivity contribution is -0.141. The molecule has 0 radical (unpaired) electrons. The van der Waals surface area contributed by atoms with Crippen LogP contribution in [-0.2, 0) is 14.4 Å². The monoisotopic (exact) mass is 299 g/mol. The van der Waals surface area contributed by atoms with E-state index in [2.05, 4.69) is 5.32 Å². The molecule has 0 aromatic heterocycles. The summed E-state index contributed by atoms with van der Waals surface area (Å²) in [5.41, 5.74) is 5.37. The first-order valence-electron chi connectivity index (χ1n) is 7.41. The van der Waals surface area contributed by atoms with Crippen molar-refractivity contribution in [1.29, 1.82) is 0 Å². The van der Waals surface area contributed by atoms with E-state index in [0.29, 0.717) is 12.8 Å². The Kier molecular flexibility index (Phi) is 7.99. The smallest absolute Gasteiger partial charge is 0.245 e. The Labute approximate surface area is 127 Å². The van der Waals surface area contributed by atoms with Gasteiger partial charge >= 0.3 is 0 Å². The van der Waals surface area contributed by atoms with E-state index < -0.39 is 18.0 Å². The van der Waals surface area contributed by atoms with Crippen LogP contribution in [0.15, 0.2) is 0 Å². The summed E-state index contributed by atoms with van der Waals surface area (Å²) in [4.78, 5) is 36.8. The van der Waals surface area contributed by atoms with E-state index >= 15 is 0 Å². The van der Waals surface area contributed by atoms with Crippen LogP contribution in [0.25, 0.3) is 0 Å². The van der Waals surface area contributed by atoms with Crippen molar-refractivity contribution in [1.82, 2.24) is 10.2 Å². The van der Waals surface area contributed by atoms with E-state index in [0.717, 1.165) is 0 Å². The Balaban J connectivity index is 4.72. The average Bonchev–Trinajstić information content (AvgIpc) is 2.32. The molecule has 0 fully saturated rings. The maximum atomic E-state index is 12.3. The highest BCUT2D eigenvalue weighted by molar-refractivity contribution is 5.91. The molecular weight excluding hydrogens is 270 g/mol. The summed E-state index contributed by atoms with van der Waals surface area (Å²) in [5, 5.41) is 2.66. The molecule has 0 spiro atoms. The van der Waals surface area contributed by atoms with Crippen molar-refractivity contribution in [3.05, 3.63) is 0 Å². The van der Waals surface area contributed by atoms with Gasteiger partial charge in [0.2, 0.25) is 17.7 Å². The number of hydrogen-bond donors (Lipinski definition) is 2. The van der Waals surface area contributed by atoms with Gasteiger partial charge in [-0.15, -0.1) is 0 Å². The summed E-state index contributed by atoms with van der Waals surface area (Å²) in [6.07, 6.45) is 0.872. The Morgan fingerprint density at radius 3 is 1.95 bits per heavy atom. The largest absolute Gasteiger partial charge is 0.368 e. The molecule has 0 heterocycles. The Hall–Kier alpha value is -1.59. The standard InChI is InChI=1S/C15H29N3O3/c1-9(2)7-12(14(16)20)18(6)15(21)11(5)17-13(19)8-10(3)4/h9-12H,7-8H2,1-6H3,(H2,16,20)(H,17,19)/t11-,12+/m1/s1. The molecule has 0 unspecified atom stereocenters. The van der Waals surface area contributed by atoms with Gasteiger partial charge in [-0.3, -0.25) is 14.4 Å². The minimum Gasteiger partial charge on any atom is -0.368 e. The van der Waals surface area contributed by atoms with Crippen LogP contribution < -0.4 is 11.1 Å². The Morgan fingerprint density at radius 1 is 1.05 bits per heavy atom. The quantitative estimate of drug-likeness (QED) is 0.697. The number of rotatable bonds is 8. The number of nitrogens with one attached hydrogen (secondary N) is 1. The normalized spacial score (nSPS) is 13.9. The fourth-order valence-corrected chi connectivity index (χ4v) is 2.10. The zero-order chi connectivity index (χ0) is 16.7. The topological polar surface area (TPSA) is 92.5 Å². The molecule has 3 N–H and O–H groups in total. The molecule has 0 aliphatic heterocycles. The number of carbonyl (C=O) groups is 3. The number of primary amides is 1. The summed E-state index contributed by atoms with van der Waals surface area (Å²) in [6.45, 7) is 9.41. The number of hydrogen-bond acceptors (Lipinski definition) is 3. The molecule has 3 amide bonds. The van der Waals surface area contributed by atoms with E-state index in [1.165, 1.54) is 4.90 Å². The molecule has 2 atom stereocenters. The van der Waals surface area contributed by atoms with Gasteiger partial charge in [-0.2, -0.15) is 0 Å². The molecule has 0 aromatic rings. The first kappa shape index (κ1) is 19.4. The summed E-state index contributed by atoms with van der Waals surface area (Å²) in [6, 6.07) is -1.32. The number of nitrogens with zero attached hydrogens (tertiary/aromatic N) is 1. The van der Waals surface area contributed by atoms with Gasteiger partial charge in [-0.1, -0.05) is 27.7 Å². The van der Waals surface area contributed by atoms with E-state index in [4.69, 9.17) is 5.73 Å². The average molecular weight is 299 g/mol. The third-order valence-electron chi connectivity index (χ3n) is 3.18. The third-order valence-corrected chi connectivity index (χ3v) is 3.18. The van der Waals surface area contributed by atoms with Gasteiger partial charge in [-0.25, -0.2) is 0 Å². The Bertz CT molecular complexity index is 380. The van der Waals surface area contributed by atoms with E-state index in [1.807, 2.05) is 27.7 Å². The van der Waals surface area contributed by atoms with Crippen LogP contribution in [0, 0.1) is 11.8 Å². The fraction of sp³-hybridized carbons (Fsp3) is 0.800. The van der Waals surface area contributed by atoms with Crippen LogP contribution in [-0.4, -0.2) is 41.8 Å². The van der Waals surface area contributed by atoms with Gasteiger partial charge in [-0.05, 0) is 25.2 Å². The molecule has 122 valence electrons. The number of carbonyl (C=O) groups excluding carboxylic acids is 3. The molecule has 0 rings (SSSR count). The van der Waals surface area contributed by atoms with E-state index in [-0.39, 0.29) is 23.7 Å². The van der Waals surface area contributed by atoms with Gasteiger partial charge in [0, 0.05) is 13.5 Å². The zero-order valence-corrected chi connectivity index (χ0v) is 14.0. The second kappa shape index (κ2) is 8.64. The molecular formula is C15H29N3O3. The minimum absolute atomic E-state index is 0.168. The van der Waals surface area contributed by atoms with Crippen molar-refractivity contribution in [2.45, 2.75) is 59.5 Å². The van der Waals surface area contributed by atoms with Crippen LogP contribution in [0.1, 0.15) is 47.5 Å². The second-order valence-electron chi connectivity index (χ2n) is 6.38. The maximum absolute atomic E-state index is 12.3. The highest BCUT2D eigenvalue weighted by Gasteiger charge is 2.29. The number of nitrogens with two attached hydrogens (primary N) is 1. The van der Waals surface area contributed by atoms with E-state index in [9.17, 15) is 14.4 Å². The van der Waals surface area contributed by atoms with Crippen molar-refractivity contribution in [3.63, 3.8) is 0 Å². The number of amides is 3. The summed E-state index contributed by atoms with van der Waals surface area (Å²) >= 11 is 0. The summed E-state index contributed by atoms with van der Waals surface area (Å²) in [5.74, 6) is -0.538. The molecule has 0 saturated carbocycles. The predicted octanol–water partition coefficient (Wildman–Crippen LogP) is 0.896. The maximum Gasteiger partial charge on any atom is 0.245 e. The lowest BCUT2D eigenvalue weighted by Gasteiger charge is -2.29. The van der Waals surface area contributed by atoms with E-state index in [1.54, 1.807) is 14.0 Å². The summed E-state index contributed by atoms with van der Waals surface area (Å²) < 4.78 is 0. The number of likely N-dealkylation sites (N-methyl/N-ethyl adjacent to an activating group) is 1. The highest BCUT2D eigenvalue weighted by Crippen LogP contribution is 2.11. The highest BCUT2D eigenvalue weighted by atomic mass is 16.2. The molecule has 21 heavy (non-hydrogen) atoms. The molecule has 0 aromatic carbocycles. The van der Waals surface area contributed by atoms with Gasteiger partial charge in [0.1, 0.15) is 12.1 Å². The van der Waals surface area contributed by atoms with Crippen molar-refractivity contribution >= 4 is 17.7 Å². The molecule has 0 aliphatic rings. The first-order valence-corrected chi connectivity index (χ1v) is 7.41. The minimum atomic E-state index is -0.671. The van der Waals surface area contributed by atoms with Crippen LogP contribution >= 0.6 is 0 Å². The SMILES string of the molecule is CC(C)CC(=O)N[C@H](C)C(=O)N(C)[C@@H](CC(C)C)C(N)=O. The molecule has 0 saturated heterocycles. The third kappa shape index (κ3) is 7.11. The fourth-order valence-electron chi connectivity index (χ4n) is 2.10. The van der Waals surface area contributed by atoms with Gasteiger partial charge < -0.3 is 16.0 Å². The van der Waals surface area contributed by atoms with Gasteiger partial charge in [0.25, 0.3) is 0 Å². The van der Waals surface area contributed by atoms with Crippen molar-refractivity contribution in [3.8, 4) is 0 Å². The van der Waals surface area contributed by atoms with Crippen molar-refractivity contribution in [2.75, 3.05) is 7.05 Å². The van der Waals surface area contributed by atoms with Crippen molar-refractivity contribution in [2.24, 2.45) is 17.6 Å². The van der Waals surface area contributed by atoms with Gasteiger partial charge in [0.15, 0.2) is 0 Å². The lowest BCUT2D eigenvalue weighted by atomic mass is 10.0. The lowest BCUT2D eigenvalue weighted by Crippen LogP contribution is -2.53. The molecule has 6 heteroatoms. The predicted molar refractivity (Wildman–Crippen MR) is 82.3 cm³/mol. The molecule has 6 nitrogen and oxygen atoms in total. The molecule has 0 bridgehead atoms. The van der Waals surface area contributed by atoms with Crippen LogP contribution in [0.4, 0.5) is 0 Å². The summed E-state index contributed by atoms with van der Waals surface area (Å²) in [7, 11) is 1.55. The van der Waals surface area contributed by atoms with Crippen LogP contribution in [0.5, 0.6) is 0 Å². The van der Waals surface area contributed by atoms with Crippen LogP contribution in [0.2, 0.25) is 0 Å². The first-order chi connectivity index (χ1) is 9.56. The zero-order valence-electron chi connectivity index (χ0n) is 14.0. The van der Waals surface area contributed by atoms with Crippen molar-refractivity contribution < 1.29 is 14.4 Å². The van der Waals surface area contributed by atoms with Crippen LogP contribution in [0.3, 0.4) is 0 Å². The second-order valence-corrected chi connectivity index (χ2v) is 6.38. The molecule has 0 aliphatic carbocycles. The Morgan fingerprint density at radius 2 is 1.57 bits per heavy atom. The van der Waals surface area contributed by atoms with Gasteiger partial charge in [0.05, 0.1) is 0 Å².